The van der Waals surface area contributed by atoms with Gasteiger partial charge in [0.1, 0.15) is 28.8 Å². The molecule has 2 rings (SSSR count). The molecule has 0 unspecified atom stereocenters. The Labute approximate surface area is 147 Å². The van der Waals surface area contributed by atoms with Crippen molar-refractivity contribution < 1.29 is 14.3 Å². The van der Waals surface area contributed by atoms with Gasteiger partial charge in [-0.3, -0.25) is 4.79 Å². The van der Waals surface area contributed by atoms with Gasteiger partial charge in [0, 0.05) is 17.7 Å². The van der Waals surface area contributed by atoms with E-state index in [1.165, 1.54) is 0 Å². The number of nitrogens with one attached hydrogen (secondary N) is 2. The highest BCUT2D eigenvalue weighted by atomic mass is 16.5. The van der Waals surface area contributed by atoms with Gasteiger partial charge in [-0.1, -0.05) is 0 Å². The Balaban J connectivity index is 2.33. The first-order chi connectivity index (χ1) is 11.7. The van der Waals surface area contributed by atoms with E-state index in [0.29, 0.717) is 34.5 Å². The maximum Gasteiger partial charge on any atom is 0.270 e. The number of benzene rings is 1. The lowest BCUT2D eigenvalue weighted by Gasteiger charge is -2.20. The second kappa shape index (κ2) is 7.38. The standard InChI is InChI=1S/C18H24N4O3/c1-11-19-14(17(23)22-18(2,3)4)10-16(20-11)21-13-9-12(24-5)7-8-15(13)25-6/h7-10H,1-6H3,(H,22,23)(H,19,20,21). The van der Waals surface area contributed by atoms with E-state index in [4.69, 9.17) is 9.47 Å². The summed E-state index contributed by atoms with van der Waals surface area (Å²) < 4.78 is 10.6. The third kappa shape index (κ3) is 5.07. The summed E-state index contributed by atoms with van der Waals surface area (Å²) in [6.07, 6.45) is 0. The fraction of sp³-hybridized carbons (Fsp3) is 0.389. The summed E-state index contributed by atoms with van der Waals surface area (Å²) in [5.41, 5.74) is 0.633. The van der Waals surface area contributed by atoms with E-state index in [1.54, 1.807) is 45.4 Å². The molecular weight excluding hydrogens is 320 g/mol. The Morgan fingerprint density at radius 3 is 2.40 bits per heavy atom. The number of aryl methyl sites for hydroxylation is 1. The average Bonchev–Trinajstić information content (AvgIpc) is 2.52. The molecule has 1 aromatic heterocycles. The molecule has 1 heterocycles. The topological polar surface area (TPSA) is 85.4 Å². The van der Waals surface area contributed by atoms with E-state index in [1.807, 2.05) is 20.8 Å². The SMILES string of the molecule is COc1ccc(OC)c(Nc2cc(C(=O)NC(C)(C)C)nc(C)n2)c1. The molecule has 0 saturated heterocycles. The fourth-order valence-electron chi connectivity index (χ4n) is 2.20. The minimum absolute atomic E-state index is 0.251. The summed E-state index contributed by atoms with van der Waals surface area (Å²) >= 11 is 0. The molecular formula is C18H24N4O3. The number of hydrogen-bond donors (Lipinski definition) is 2. The third-order valence-electron chi connectivity index (χ3n) is 3.23. The van der Waals surface area contributed by atoms with Crippen molar-refractivity contribution in [1.82, 2.24) is 15.3 Å². The van der Waals surface area contributed by atoms with Gasteiger partial charge < -0.3 is 20.1 Å². The van der Waals surface area contributed by atoms with Crippen LogP contribution in [0.15, 0.2) is 24.3 Å². The summed E-state index contributed by atoms with van der Waals surface area (Å²) in [5, 5.41) is 6.05. The van der Waals surface area contributed by atoms with Gasteiger partial charge in [0.15, 0.2) is 0 Å². The number of rotatable bonds is 5. The van der Waals surface area contributed by atoms with Crippen molar-refractivity contribution in [3.63, 3.8) is 0 Å². The van der Waals surface area contributed by atoms with Crippen LogP contribution < -0.4 is 20.1 Å². The van der Waals surface area contributed by atoms with E-state index in [-0.39, 0.29) is 11.4 Å². The molecule has 0 aliphatic carbocycles. The number of anilines is 2. The largest absolute Gasteiger partial charge is 0.497 e. The number of carbonyl (C=O) groups is 1. The summed E-state index contributed by atoms with van der Waals surface area (Å²) in [6.45, 7) is 7.49. The number of aromatic nitrogens is 2. The summed E-state index contributed by atoms with van der Waals surface area (Å²) in [6, 6.07) is 7.00. The van der Waals surface area contributed by atoms with Crippen molar-refractivity contribution in [1.29, 1.82) is 0 Å². The first kappa shape index (κ1) is 18.5. The number of amides is 1. The minimum atomic E-state index is -0.348. The van der Waals surface area contributed by atoms with E-state index in [9.17, 15) is 4.79 Å². The number of ether oxygens (including phenoxy) is 2. The summed E-state index contributed by atoms with van der Waals surface area (Å²) in [7, 11) is 3.18. The zero-order chi connectivity index (χ0) is 18.6. The molecule has 0 fully saturated rings. The van der Waals surface area contributed by atoms with Crippen molar-refractivity contribution in [2.24, 2.45) is 0 Å². The molecule has 2 N–H and O–H groups in total. The molecule has 0 saturated carbocycles. The van der Waals surface area contributed by atoms with Crippen molar-refractivity contribution in [2.75, 3.05) is 19.5 Å². The zero-order valence-corrected chi connectivity index (χ0v) is 15.4. The minimum Gasteiger partial charge on any atom is -0.497 e. The van der Waals surface area contributed by atoms with E-state index >= 15 is 0 Å². The third-order valence-corrected chi connectivity index (χ3v) is 3.23. The molecule has 7 heteroatoms. The van der Waals surface area contributed by atoms with Gasteiger partial charge in [-0.2, -0.15) is 0 Å². The smallest absolute Gasteiger partial charge is 0.270 e. The van der Waals surface area contributed by atoms with Crippen molar-refractivity contribution in [3.8, 4) is 11.5 Å². The Hall–Kier alpha value is -2.83. The Morgan fingerprint density at radius 1 is 1.08 bits per heavy atom. The average molecular weight is 344 g/mol. The maximum atomic E-state index is 12.4. The number of nitrogens with zero attached hydrogens (tertiary/aromatic N) is 2. The highest BCUT2D eigenvalue weighted by molar-refractivity contribution is 5.93. The molecule has 7 nitrogen and oxygen atoms in total. The van der Waals surface area contributed by atoms with Crippen LogP contribution in [0.5, 0.6) is 11.5 Å². The Kier molecular flexibility index (Phi) is 5.46. The molecule has 0 radical (unpaired) electrons. The second-order valence-corrected chi connectivity index (χ2v) is 6.58. The maximum absolute atomic E-state index is 12.4. The van der Waals surface area contributed by atoms with Gasteiger partial charge >= 0.3 is 0 Å². The van der Waals surface area contributed by atoms with Gasteiger partial charge in [-0.25, -0.2) is 9.97 Å². The number of carbonyl (C=O) groups excluding carboxylic acids is 1. The van der Waals surface area contributed by atoms with Crippen LogP contribution in [-0.2, 0) is 0 Å². The van der Waals surface area contributed by atoms with Crippen molar-refractivity contribution >= 4 is 17.4 Å². The van der Waals surface area contributed by atoms with Crippen LogP contribution in [-0.4, -0.2) is 35.6 Å². The normalized spacial score (nSPS) is 11.0. The quantitative estimate of drug-likeness (QED) is 0.867. The first-order valence-electron chi connectivity index (χ1n) is 7.89. The highest BCUT2D eigenvalue weighted by Crippen LogP contribution is 2.31. The van der Waals surface area contributed by atoms with Crippen molar-refractivity contribution in [2.45, 2.75) is 33.2 Å². The molecule has 134 valence electrons. The summed E-state index contributed by atoms with van der Waals surface area (Å²) in [5.74, 6) is 2.06. The molecule has 25 heavy (non-hydrogen) atoms. The van der Waals surface area contributed by atoms with Gasteiger partial charge in [0.25, 0.3) is 5.91 Å². The molecule has 0 aliphatic heterocycles. The predicted molar refractivity (Wildman–Crippen MR) is 96.8 cm³/mol. The highest BCUT2D eigenvalue weighted by Gasteiger charge is 2.18. The molecule has 0 bridgehead atoms. The van der Waals surface area contributed by atoms with E-state index in [0.717, 1.165) is 0 Å². The van der Waals surface area contributed by atoms with Gasteiger partial charge in [0.2, 0.25) is 0 Å². The lowest BCUT2D eigenvalue weighted by Crippen LogP contribution is -2.41. The van der Waals surface area contributed by atoms with E-state index in [2.05, 4.69) is 20.6 Å². The fourth-order valence-corrected chi connectivity index (χ4v) is 2.20. The molecule has 0 aliphatic rings. The molecule has 0 atom stereocenters. The number of methoxy groups -OCH3 is 2. The van der Waals surface area contributed by atoms with Gasteiger partial charge in [-0.05, 0) is 39.8 Å². The van der Waals surface area contributed by atoms with Crippen LogP contribution in [0.25, 0.3) is 0 Å². The van der Waals surface area contributed by atoms with Crippen LogP contribution in [0.4, 0.5) is 11.5 Å². The van der Waals surface area contributed by atoms with Crippen LogP contribution in [0.1, 0.15) is 37.1 Å². The number of hydrogen-bond acceptors (Lipinski definition) is 6. The van der Waals surface area contributed by atoms with Crippen LogP contribution in [0, 0.1) is 6.92 Å². The molecule has 1 amide bonds. The predicted octanol–water partition coefficient (Wildman–Crippen LogP) is 3.07. The van der Waals surface area contributed by atoms with Crippen molar-refractivity contribution in [3.05, 3.63) is 35.8 Å². The lowest BCUT2D eigenvalue weighted by molar-refractivity contribution is 0.0914. The summed E-state index contributed by atoms with van der Waals surface area (Å²) in [4.78, 5) is 20.9. The Bertz CT molecular complexity index is 769. The first-order valence-corrected chi connectivity index (χ1v) is 7.89. The van der Waals surface area contributed by atoms with Crippen LogP contribution >= 0.6 is 0 Å². The van der Waals surface area contributed by atoms with Crippen LogP contribution in [0.2, 0.25) is 0 Å². The molecule has 1 aromatic carbocycles. The molecule has 2 aromatic rings. The molecule has 0 spiro atoms. The van der Waals surface area contributed by atoms with Crippen LogP contribution in [0.3, 0.4) is 0 Å². The van der Waals surface area contributed by atoms with Gasteiger partial charge in [-0.15, -0.1) is 0 Å². The van der Waals surface area contributed by atoms with E-state index < -0.39 is 0 Å². The lowest BCUT2D eigenvalue weighted by atomic mass is 10.1. The Morgan fingerprint density at radius 2 is 1.80 bits per heavy atom. The second-order valence-electron chi connectivity index (χ2n) is 6.58. The zero-order valence-electron chi connectivity index (χ0n) is 15.4. The monoisotopic (exact) mass is 344 g/mol. The van der Waals surface area contributed by atoms with Gasteiger partial charge in [0.05, 0.1) is 19.9 Å².